The Morgan fingerprint density at radius 3 is 2.89 bits per heavy atom. The number of hydrogen-bond donors (Lipinski definition) is 1. The van der Waals surface area contributed by atoms with Crippen LogP contribution < -0.4 is 5.32 Å². The molecule has 2 atom stereocenters. The number of halogens is 1. The molecule has 5 heteroatoms. The highest BCUT2D eigenvalue weighted by Crippen LogP contribution is 2.41. The van der Waals surface area contributed by atoms with Crippen molar-refractivity contribution >= 4 is 21.8 Å². The topological polar surface area (TPSA) is 51.2 Å². The highest BCUT2D eigenvalue weighted by atomic mass is 79.9. The van der Waals surface area contributed by atoms with Crippen LogP contribution in [-0.2, 0) is 9.53 Å². The van der Waals surface area contributed by atoms with E-state index in [1.165, 1.54) is 12.8 Å². The Morgan fingerprint density at radius 1 is 1.42 bits per heavy atom. The standard InChI is InChI=1S/C14H17BrN2O2/c15-12-5-11(6-16-7-12)13(9-1-2-9)17-14(18)10-3-4-19-8-10/h5-7,9-10,13H,1-4,8H2,(H,17,18)/t10-,13+/m1/s1. The molecule has 1 saturated carbocycles. The van der Waals surface area contributed by atoms with Crippen molar-refractivity contribution in [3.63, 3.8) is 0 Å². The third kappa shape index (κ3) is 3.15. The lowest BCUT2D eigenvalue weighted by molar-refractivity contribution is -0.125. The Labute approximate surface area is 121 Å². The van der Waals surface area contributed by atoms with E-state index >= 15 is 0 Å². The van der Waals surface area contributed by atoms with Crippen LogP contribution in [0.5, 0.6) is 0 Å². The molecule has 1 aliphatic carbocycles. The summed E-state index contributed by atoms with van der Waals surface area (Å²) in [6.45, 7) is 1.25. The van der Waals surface area contributed by atoms with Gasteiger partial charge in [0.05, 0.1) is 18.6 Å². The molecule has 1 amide bonds. The fourth-order valence-corrected chi connectivity index (χ4v) is 2.90. The number of carbonyl (C=O) groups is 1. The third-order valence-electron chi connectivity index (χ3n) is 3.78. The zero-order chi connectivity index (χ0) is 13.2. The second kappa shape index (κ2) is 5.59. The summed E-state index contributed by atoms with van der Waals surface area (Å²) in [6, 6.07) is 2.14. The molecule has 0 unspecified atom stereocenters. The van der Waals surface area contributed by atoms with Gasteiger partial charge in [0.25, 0.3) is 0 Å². The van der Waals surface area contributed by atoms with Crippen LogP contribution in [0.2, 0.25) is 0 Å². The van der Waals surface area contributed by atoms with Crippen molar-refractivity contribution in [1.82, 2.24) is 10.3 Å². The first-order chi connectivity index (χ1) is 9.24. The largest absolute Gasteiger partial charge is 0.381 e. The Kier molecular flexibility index (Phi) is 3.84. The monoisotopic (exact) mass is 324 g/mol. The van der Waals surface area contributed by atoms with Gasteiger partial charge in [-0.3, -0.25) is 9.78 Å². The van der Waals surface area contributed by atoms with Crippen LogP contribution in [-0.4, -0.2) is 24.1 Å². The first-order valence-corrected chi connectivity index (χ1v) is 7.52. The van der Waals surface area contributed by atoms with Gasteiger partial charge >= 0.3 is 0 Å². The van der Waals surface area contributed by atoms with Gasteiger partial charge in [-0.2, -0.15) is 0 Å². The predicted molar refractivity (Wildman–Crippen MR) is 74.5 cm³/mol. The van der Waals surface area contributed by atoms with Crippen LogP contribution in [0, 0.1) is 11.8 Å². The minimum atomic E-state index is 0.0152. The maximum absolute atomic E-state index is 12.2. The minimum Gasteiger partial charge on any atom is -0.381 e. The summed E-state index contributed by atoms with van der Waals surface area (Å²) in [5.74, 6) is 0.693. The molecule has 0 bridgehead atoms. The fraction of sp³-hybridized carbons (Fsp3) is 0.571. The van der Waals surface area contributed by atoms with E-state index in [1.807, 2.05) is 12.3 Å². The van der Waals surface area contributed by atoms with E-state index in [2.05, 4.69) is 26.2 Å². The van der Waals surface area contributed by atoms with E-state index in [-0.39, 0.29) is 17.9 Å². The van der Waals surface area contributed by atoms with Crippen molar-refractivity contribution in [3.8, 4) is 0 Å². The molecule has 4 nitrogen and oxygen atoms in total. The van der Waals surface area contributed by atoms with E-state index < -0.39 is 0 Å². The Balaban J connectivity index is 1.72. The van der Waals surface area contributed by atoms with Gasteiger partial charge in [-0.15, -0.1) is 0 Å². The molecule has 2 fully saturated rings. The van der Waals surface area contributed by atoms with Crippen molar-refractivity contribution in [3.05, 3.63) is 28.5 Å². The molecule has 1 aliphatic heterocycles. The number of hydrogen-bond acceptors (Lipinski definition) is 3. The number of amides is 1. The second-order valence-corrected chi connectivity index (χ2v) is 6.24. The summed E-state index contributed by atoms with van der Waals surface area (Å²) < 4.78 is 6.23. The van der Waals surface area contributed by atoms with Gasteiger partial charge in [-0.25, -0.2) is 0 Å². The molecular formula is C14H17BrN2O2. The van der Waals surface area contributed by atoms with Crippen molar-refractivity contribution < 1.29 is 9.53 Å². The summed E-state index contributed by atoms with van der Waals surface area (Å²) in [5, 5.41) is 3.18. The first-order valence-electron chi connectivity index (χ1n) is 6.72. The van der Waals surface area contributed by atoms with Crippen LogP contribution >= 0.6 is 15.9 Å². The van der Waals surface area contributed by atoms with Crippen molar-refractivity contribution in [1.29, 1.82) is 0 Å². The summed E-state index contributed by atoms with van der Waals surface area (Å²) in [6.07, 6.45) is 6.80. The van der Waals surface area contributed by atoms with Crippen molar-refractivity contribution in [2.75, 3.05) is 13.2 Å². The van der Waals surface area contributed by atoms with Gasteiger partial charge in [0.1, 0.15) is 0 Å². The quantitative estimate of drug-likeness (QED) is 0.925. The van der Waals surface area contributed by atoms with Crippen LogP contribution in [0.3, 0.4) is 0 Å². The van der Waals surface area contributed by atoms with Gasteiger partial charge < -0.3 is 10.1 Å². The first kappa shape index (κ1) is 13.1. The maximum Gasteiger partial charge on any atom is 0.226 e. The Hall–Kier alpha value is -0.940. The van der Waals surface area contributed by atoms with Gasteiger partial charge in [-0.1, -0.05) is 0 Å². The lowest BCUT2D eigenvalue weighted by Gasteiger charge is -2.20. The predicted octanol–water partition coefficient (Wildman–Crippen LogP) is 2.45. The molecule has 1 N–H and O–H groups in total. The molecule has 1 aromatic heterocycles. The third-order valence-corrected chi connectivity index (χ3v) is 4.21. The molecule has 2 aliphatic rings. The molecule has 0 spiro atoms. The maximum atomic E-state index is 12.2. The zero-order valence-corrected chi connectivity index (χ0v) is 12.2. The van der Waals surface area contributed by atoms with E-state index in [0.29, 0.717) is 19.1 Å². The summed E-state index contributed by atoms with van der Waals surface area (Å²) in [7, 11) is 0. The lowest BCUT2D eigenvalue weighted by atomic mass is 10.0. The number of nitrogens with zero attached hydrogens (tertiary/aromatic N) is 1. The molecule has 0 radical (unpaired) electrons. The molecule has 1 saturated heterocycles. The summed E-state index contributed by atoms with van der Waals surface area (Å²) in [5.41, 5.74) is 1.09. The number of carbonyl (C=O) groups excluding carboxylic acids is 1. The van der Waals surface area contributed by atoms with Crippen LogP contribution in [0.25, 0.3) is 0 Å². The summed E-state index contributed by atoms with van der Waals surface area (Å²) >= 11 is 3.44. The number of pyridine rings is 1. The Morgan fingerprint density at radius 2 is 2.26 bits per heavy atom. The molecule has 3 rings (SSSR count). The molecule has 102 valence electrons. The van der Waals surface area contributed by atoms with E-state index in [4.69, 9.17) is 4.74 Å². The van der Waals surface area contributed by atoms with Crippen LogP contribution in [0.15, 0.2) is 22.9 Å². The second-order valence-electron chi connectivity index (χ2n) is 5.32. The minimum absolute atomic E-state index is 0.0152. The number of rotatable bonds is 4. The number of nitrogens with one attached hydrogen (secondary N) is 1. The normalized spacial score (nSPS) is 24.2. The SMILES string of the molecule is O=C(N[C@H](c1cncc(Br)c1)C1CC1)[C@@H]1CCOC1. The average molecular weight is 325 g/mol. The summed E-state index contributed by atoms with van der Waals surface area (Å²) in [4.78, 5) is 16.4. The van der Waals surface area contributed by atoms with Crippen molar-refractivity contribution in [2.45, 2.75) is 25.3 Å². The van der Waals surface area contributed by atoms with Gasteiger partial charge in [0, 0.05) is 23.5 Å². The van der Waals surface area contributed by atoms with Crippen LogP contribution in [0.4, 0.5) is 0 Å². The van der Waals surface area contributed by atoms with E-state index in [0.717, 1.165) is 16.5 Å². The molecule has 1 aromatic rings. The molecule has 19 heavy (non-hydrogen) atoms. The van der Waals surface area contributed by atoms with Gasteiger partial charge in [0.15, 0.2) is 0 Å². The highest BCUT2D eigenvalue weighted by molar-refractivity contribution is 9.10. The zero-order valence-electron chi connectivity index (χ0n) is 10.6. The average Bonchev–Trinajstić information content (AvgIpc) is 3.09. The molecule has 2 heterocycles. The Bertz CT molecular complexity index is 470. The molecular weight excluding hydrogens is 308 g/mol. The van der Waals surface area contributed by atoms with Gasteiger partial charge in [-0.05, 0) is 52.7 Å². The number of aromatic nitrogens is 1. The lowest BCUT2D eigenvalue weighted by Crippen LogP contribution is -2.35. The van der Waals surface area contributed by atoms with E-state index in [9.17, 15) is 4.79 Å². The van der Waals surface area contributed by atoms with Crippen LogP contribution in [0.1, 0.15) is 30.9 Å². The highest BCUT2D eigenvalue weighted by Gasteiger charge is 2.35. The smallest absolute Gasteiger partial charge is 0.226 e. The van der Waals surface area contributed by atoms with E-state index in [1.54, 1.807) is 6.20 Å². The molecule has 0 aromatic carbocycles. The number of ether oxygens (including phenoxy) is 1. The van der Waals surface area contributed by atoms with Crippen molar-refractivity contribution in [2.24, 2.45) is 11.8 Å². The van der Waals surface area contributed by atoms with Gasteiger partial charge in [0.2, 0.25) is 5.91 Å². The fourth-order valence-electron chi connectivity index (χ4n) is 2.51.